The number of carboxylic acid groups (broad SMARTS) is 1. The van der Waals surface area contributed by atoms with Crippen molar-refractivity contribution in [2.75, 3.05) is 26.3 Å². The molecule has 0 radical (unpaired) electrons. The summed E-state index contributed by atoms with van der Waals surface area (Å²) in [5, 5.41) is 9.48. The fourth-order valence-corrected chi connectivity index (χ4v) is 5.37. The average Bonchev–Trinajstić information content (AvgIpc) is 3.04. The number of alkyl halides is 1. The lowest BCUT2D eigenvalue weighted by Gasteiger charge is -2.33. The summed E-state index contributed by atoms with van der Waals surface area (Å²) in [4.78, 5) is 13.8. The van der Waals surface area contributed by atoms with Gasteiger partial charge in [-0.05, 0) is 76.8 Å². The van der Waals surface area contributed by atoms with Crippen molar-refractivity contribution in [3.05, 3.63) is 111 Å². The Hall–Kier alpha value is -3.71. The number of aryl methyl sites for hydroxylation is 1. The number of fused-ring (bicyclic) bond motifs is 1. The Morgan fingerprint density at radius 1 is 0.947 bits per heavy atom. The molecule has 38 heavy (non-hydrogen) atoms. The largest absolute Gasteiger partial charge is 0.478 e. The third-order valence-electron chi connectivity index (χ3n) is 7.14. The van der Waals surface area contributed by atoms with Crippen LogP contribution in [-0.4, -0.2) is 42.3 Å². The van der Waals surface area contributed by atoms with Crippen LogP contribution in [0.5, 0.6) is 0 Å². The van der Waals surface area contributed by atoms with Gasteiger partial charge in [-0.3, -0.25) is 9.29 Å². The van der Waals surface area contributed by atoms with E-state index in [1.807, 2.05) is 24.3 Å². The summed E-state index contributed by atoms with van der Waals surface area (Å²) in [5.74, 6) is -3.97. The van der Waals surface area contributed by atoms with Crippen LogP contribution in [0.4, 0.5) is 17.6 Å². The molecule has 0 saturated carbocycles. The van der Waals surface area contributed by atoms with Crippen molar-refractivity contribution in [3.8, 4) is 0 Å². The Morgan fingerprint density at radius 2 is 1.66 bits per heavy atom. The van der Waals surface area contributed by atoms with E-state index in [-0.39, 0.29) is 17.8 Å². The maximum absolute atomic E-state index is 15.0. The van der Waals surface area contributed by atoms with E-state index >= 15 is 8.78 Å². The standard InChI is InChI=1S/C31H27F4NO2/c32-11-2-12-36-17-20(18-36)13-19-5-7-21(8-6-19)29-25-10-9-23(31(37)38)14-22(25)3-1-4-26(29)30-27(34)15-24(33)16-28(30)35/h5-10,13-16H,1-4,11-12,17-18H2,(H,37,38). The number of rotatable bonds is 7. The molecule has 5 rings (SSSR count). The van der Waals surface area contributed by atoms with Gasteiger partial charge in [0.2, 0.25) is 0 Å². The van der Waals surface area contributed by atoms with Gasteiger partial charge in [0.05, 0.1) is 17.8 Å². The zero-order valence-electron chi connectivity index (χ0n) is 20.7. The lowest BCUT2D eigenvalue weighted by molar-refractivity contribution is 0.0696. The molecule has 1 N–H and O–H groups in total. The summed E-state index contributed by atoms with van der Waals surface area (Å²) in [6.07, 6.45) is 4.05. The summed E-state index contributed by atoms with van der Waals surface area (Å²) >= 11 is 0. The summed E-state index contributed by atoms with van der Waals surface area (Å²) in [5.41, 5.74) is 5.37. The van der Waals surface area contributed by atoms with Crippen molar-refractivity contribution < 1.29 is 27.5 Å². The highest BCUT2D eigenvalue weighted by atomic mass is 19.1. The van der Waals surface area contributed by atoms with Crippen LogP contribution in [-0.2, 0) is 6.42 Å². The van der Waals surface area contributed by atoms with Gasteiger partial charge < -0.3 is 5.11 Å². The molecule has 7 heteroatoms. The van der Waals surface area contributed by atoms with Crippen molar-refractivity contribution in [3.63, 3.8) is 0 Å². The molecule has 1 saturated heterocycles. The Bertz CT molecular complexity index is 1410. The molecule has 0 bridgehead atoms. The summed E-state index contributed by atoms with van der Waals surface area (Å²) in [6, 6.07) is 13.8. The molecule has 0 spiro atoms. The van der Waals surface area contributed by atoms with Gasteiger partial charge in [0, 0.05) is 31.8 Å². The summed E-state index contributed by atoms with van der Waals surface area (Å²) in [6.45, 7) is 2.03. The van der Waals surface area contributed by atoms with Gasteiger partial charge in [-0.1, -0.05) is 36.4 Å². The van der Waals surface area contributed by atoms with E-state index in [0.717, 1.165) is 36.3 Å². The maximum Gasteiger partial charge on any atom is 0.335 e. The fraction of sp³-hybridized carbons (Fsp3) is 0.258. The van der Waals surface area contributed by atoms with E-state index in [4.69, 9.17) is 0 Å². The van der Waals surface area contributed by atoms with E-state index in [0.29, 0.717) is 54.5 Å². The first-order chi connectivity index (χ1) is 18.3. The second-order valence-electron chi connectivity index (χ2n) is 9.81. The normalized spacial score (nSPS) is 15.6. The van der Waals surface area contributed by atoms with Crippen LogP contribution in [0.1, 0.15) is 57.4 Å². The zero-order chi connectivity index (χ0) is 26.8. The molecule has 0 aromatic heterocycles. The number of hydrogen-bond acceptors (Lipinski definition) is 2. The van der Waals surface area contributed by atoms with Crippen LogP contribution < -0.4 is 0 Å². The quantitative estimate of drug-likeness (QED) is 0.336. The third kappa shape index (κ3) is 5.29. The van der Waals surface area contributed by atoms with E-state index < -0.39 is 23.4 Å². The highest BCUT2D eigenvalue weighted by Crippen LogP contribution is 2.42. The lowest BCUT2D eigenvalue weighted by Crippen LogP contribution is -2.40. The summed E-state index contributed by atoms with van der Waals surface area (Å²) in [7, 11) is 0. The molecule has 1 aliphatic carbocycles. The molecule has 3 aromatic carbocycles. The molecule has 0 amide bonds. The molecule has 3 nitrogen and oxygen atoms in total. The van der Waals surface area contributed by atoms with Crippen LogP contribution in [0.2, 0.25) is 0 Å². The van der Waals surface area contributed by atoms with Crippen LogP contribution in [0.15, 0.2) is 60.2 Å². The van der Waals surface area contributed by atoms with Gasteiger partial charge in [0.25, 0.3) is 0 Å². The molecular weight excluding hydrogens is 494 g/mol. The number of likely N-dealkylation sites (tertiary alicyclic amines) is 1. The van der Waals surface area contributed by atoms with E-state index in [2.05, 4.69) is 11.0 Å². The fourth-order valence-electron chi connectivity index (χ4n) is 5.37. The molecule has 2 aliphatic rings. The van der Waals surface area contributed by atoms with Crippen molar-refractivity contribution in [1.29, 1.82) is 0 Å². The lowest BCUT2D eigenvalue weighted by atomic mass is 9.86. The zero-order valence-corrected chi connectivity index (χ0v) is 20.7. The first-order valence-corrected chi connectivity index (χ1v) is 12.7. The second-order valence-corrected chi connectivity index (χ2v) is 9.81. The third-order valence-corrected chi connectivity index (χ3v) is 7.14. The van der Waals surface area contributed by atoms with Gasteiger partial charge in [-0.2, -0.15) is 0 Å². The van der Waals surface area contributed by atoms with E-state index in [1.54, 1.807) is 12.1 Å². The van der Waals surface area contributed by atoms with Crippen molar-refractivity contribution in [2.24, 2.45) is 0 Å². The first-order valence-electron chi connectivity index (χ1n) is 12.7. The van der Waals surface area contributed by atoms with E-state index in [1.165, 1.54) is 11.6 Å². The first kappa shape index (κ1) is 25.9. The minimum Gasteiger partial charge on any atom is -0.478 e. The van der Waals surface area contributed by atoms with Crippen LogP contribution in [0.25, 0.3) is 17.2 Å². The molecule has 0 unspecified atom stereocenters. The SMILES string of the molecule is O=C(O)c1ccc2c(c1)CCCC(c1c(F)cc(F)cc1F)=C2c1ccc(C=C2CN(CCCF)C2)cc1. The smallest absolute Gasteiger partial charge is 0.335 e. The minimum absolute atomic E-state index is 0.147. The second kappa shape index (κ2) is 11.0. The predicted molar refractivity (Wildman–Crippen MR) is 140 cm³/mol. The molecule has 3 aromatic rings. The van der Waals surface area contributed by atoms with Crippen LogP contribution >= 0.6 is 0 Å². The van der Waals surface area contributed by atoms with Crippen LogP contribution in [0.3, 0.4) is 0 Å². The molecule has 1 aliphatic heterocycles. The van der Waals surface area contributed by atoms with Gasteiger partial charge in [-0.25, -0.2) is 18.0 Å². The molecule has 1 fully saturated rings. The Balaban J connectivity index is 1.58. The van der Waals surface area contributed by atoms with Crippen molar-refractivity contribution in [1.82, 2.24) is 4.90 Å². The van der Waals surface area contributed by atoms with Crippen LogP contribution in [0, 0.1) is 17.5 Å². The number of hydrogen-bond donors (Lipinski definition) is 1. The highest BCUT2D eigenvalue weighted by molar-refractivity contribution is 6.01. The predicted octanol–water partition coefficient (Wildman–Crippen LogP) is 7.16. The number of nitrogens with zero attached hydrogens (tertiary/aromatic N) is 1. The highest BCUT2D eigenvalue weighted by Gasteiger charge is 2.26. The number of carboxylic acids is 1. The van der Waals surface area contributed by atoms with Gasteiger partial charge in [-0.15, -0.1) is 0 Å². The average molecular weight is 522 g/mol. The molecule has 0 atom stereocenters. The number of benzene rings is 3. The minimum atomic E-state index is -1.05. The molecule has 196 valence electrons. The monoisotopic (exact) mass is 521 g/mol. The number of carbonyl (C=O) groups is 1. The molecule has 1 heterocycles. The van der Waals surface area contributed by atoms with Crippen molar-refractivity contribution >= 4 is 23.2 Å². The number of allylic oxidation sites excluding steroid dienone is 1. The maximum atomic E-state index is 15.0. The topological polar surface area (TPSA) is 40.5 Å². The van der Waals surface area contributed by atoms with Gasteiger partial charge >= 0.3 is 5.97 Å². The Labute approximate surface area is 218 Å². The summed E-state index contributed by atoms with van der Waals surface area (Å²) < 4.78 is 56.1. The number of halogens is 4. The van der Waals surface area contributed by atoms with Gasteiger partial charge in [0.1, 0.15) is 17.5 Å². The molecular formula is C31H27F4NO2. The Kier molecular flexibility index (Phi) is 7.47. The van der Waals surface area contributed by atoms with Gasteiger partial charge in [0.15, 0.2) is 0 Å². The number of aromatic carboxylic acids is 1. The Morgan fingerprint density at radius 3 is 2.32 bits per heavy atom. The van der Waals surface area contributed by atoms with Crippen molar-refractivity contribution in [2.45, 2.75) is 25.7 Å². The van der Waals surface area contributed by atoms with E-state index in [9.17, 15) is 18.7 Å².